The first kappa shape index (κ1) is 10.6. The van der Waals surface area contributed by atoms with Crippen LogP contribution < -0.4 is 5.32 Å². The number of nitrogens with one attached hydrogen (secondary N) is 1. The van der Waals surface area contributed by atoms with E-state index in [0.717, 1.165) is 4.99 Å². The normalized spacial score (nSPS) is 22.6. The molecule has 0 radical (unpaired) electrons. The minimum atomic E-state index is 0.198. The molecule has 0 bridgehead atoms. The Kier molecular flexibility index (Phi) is 2.68. The van der Waals surface area contributed by atoms with Crippen LogP contribution >= 0.6 is 24.0 Å². The summed E-state index contributed by atoms with van der Waals surface area (Å²) >= 11 is 7.48. The molecule has 0 amide bonds. The molecule has 3 rings (SSSR count). The summed E-state index contributed by atoms with van der Waals surface area (Å²) in [7, 11) is 0. The van der Waals surface area contributed by atoms with E-state index in [0.29, 0.717) is 0 Å². The lowest BCUT2D eigenvalue weighted by Gasteiger charge is -2.42. The van der Waals surface area contributed by atoms with E-state index in [1.165, 1.54) is 42.6 Å². The van der Waals surface area contributed by atoms with Crippen molar-refractivity contribution in [2.45, 2.75) is 41.9 Å². The first-order chi connectivity index (χ1) is 7.79. The van der Waals surface area contributed by atoms with E-state index in [2.05, 4.69) is 29.6 Å². The highest BCUT2D eigenvalue weighted by molar-refractivity contribution is 8.01. The lowest BCUT2D eigenvalue weighted by molar-refractivity contribution is 0.377. The fourth-order valence-electron chi connectivity index (χ4n) is 2.60. The number of fused-ring (bicyclic) bond motifs is 1. The Hall–Kier alpha value is -0.540. The van der Waals surface area contributed by atoms with E-state index in [9.17, 15) is 0 Å². The molecule has 16 heavy (non-hydrogen) atoms. The topological polar surface area (TPSA) is 12.0 Å². The van der Waals surface area contributed by atoms with Gasteiger partial charge in [0.2, 0.25) is 0 Å². The van der Waals surface area contributed by atoms with Gasteiger partial charge in [0, 0.05) is 10.5 Å². The maximum atomic E-state index is 5.49. The van der Waals surface area contributed by atoms with Crippen molar-refractivity contribution < 1.29 is 0 Å². The highest BCUT2D eigenvalue weighted by atomic mass is 32.2. The lowest BCUT2D eigenvalue weighted by Crippen LogP contribution is -2.49. The summed E-state index contributed by atoms with van der Waals surface area (Å²) in [5.74, 6) is 0. The van der Waals surface area contributed by atoms with Crippen LogP contribution in [0.15, 0.2) is 29.2 Å². The third-order valence-electron chi connectivity index (χ3n) is 3.44. The second-order valence-electron chi connectivity index (χ2n) is 4.61. The van der Waals surface area contributed by atoms with Crippen molar-refractivity contribution in [2.75, 3.05) is 0 Å². The first-order valence-electron chi connectivity index (χ1n) is 5.90. The van der Waals surface area contributed by atoms with Crippen LogP contribution in [0.25, 0.3) is 0 Å². The quantitative estimate of drug-likeness (QED) is 0.704. The Balaban J connectivity index is 1.96. The van der Waals surface area contributed by atoms with Crippen LogP contribution in [0.4, 0.5) is 0 Å². The summed E-state index contributed by atoms with van der Waals surface area (Å²) in [5.41, 5.74) is 1.21. The van der Waals surface area contributed by atoms with Gasteiger partial charge in [-0.3, -0.25) is 0 Å². The van der Waals surface area contributed by atoms with Gasteiger partial charge in [-0.05, 0) is 18.9 Å². The molecule has 1 heterocycles. The largest absolute Gasteiger partial charge is 0.361 e. The monoisotopic (exact) mass is 249 g/mol. The van der Waals surface area contributed by atoms with Gasteiger partial charge in [0.1, 0.15) is 4.99 Å². The Bertz CT molecular complexity index is 422. The van der Waals surface area contributed by atoms with Gasteiger partial charge < -0.3 is 5.32 Å². The van der Waals surface area contributed by atoms with Crippen molar-refractivity contribution in [1.29, 1.82) is 0 Å². The zero-order valence-electron chi connectivity index (χ0n) is 9.16. The van der Waals surface area contributed by atoms with E-state index in [-0.39, 0.29) is 4.87 Å². The molecule has 0 atom stereocenters. The van der Waals surface area contributed by atoms with Crippen LogP contribution in [0.5, 0.6) is 0 Å². The molecule has 1 fully saturated rings. The Morgan fingerprint density at radius 3 is 2.69 bits per heavy atom. The molecule has 1 aromatic rings. The van der Waals surface area contributed by atoms with E-state index < -0.39 is 0 Å². The van der Waals surface area contributed by atoms with Crippen molar-refractivity contribution in [3.8, 4) is 0 Å². The van der Waals surface area contributed by atoms with Crippen molar-refractivity contribution in [3.05, 3.63) is 29.8 Å². The number of thioether (sulfide) groups is 1. The van der Waals surface area contributed by atoms with Crippen LogP contribution in [-0.2, 0) is 0 Å². The molecule has 0 saturated heterocycles. The van der Waals surface area contributed by atoms with Gasteiger partial charge in [-0.15, -0.1) is 0 Å². The van der Waals surface area contributed by atoms with E-state index in [1.54, 1.807) is 0 Å². The van der Waals surface area contributed by atoms with Crippen molar-refractivity contribution in [3.63, 3.8) is 0 Å². The highest BCUT2D eigenvalue weighted by Gasteiger charge is 2.37. The number of hydrogen-bond donors (Lipinski definition) is 1. The Morgan fingerprint density at radius 2 is 1.88 bits per heavy atom. The second-order valence-corrected chi connectivity index (χ2v) is 6.44. The van der Waals surface area contributed by atoms with Gasteiger partial charge in [0.05, 0.1) is 4.87 Å². The molecule has 1 aliphatic heterocycles. The number of rotatable bonds is 0. The molecule has 3 heteroatoms. The van der Waals surface area contributed by atoms with Crippen LogP contribution in [0.2, 0.25) is 0 Å². The summed E-state index contributed by atoms with van der Waals surface area (Å²) in [5, 5.41) is 3.58. The second kappa shape index (κ2) is 4.04. The summed E-state index contributed by atoms with van der Waals surface area (Å²) in [6.07, 6.45) is 6.51. The Labute approximate surface area is 106 Å². The molecule has 1 aliphatic carbocycles. The third-order valence-corrected chi connectivity index (χ3v) is 5.24. The minimum Gasteiger partial charge on any atom is -0.361 e. The van der Waals surface area contributed by atoms with Crippen molar-refractivity contribution in [2.24, 2.45) is 0 Å². The fourth-order valence-corrected chi connectivity index (χ4v) is 4.60. The lowest BCUT2D eigenvalue weighted by atomic mass is 9.94. The molecule has 1 N–H and O–H groups in total. The predicted octanol–water partition coefficient (Wildman–Crippen LogP) is 3.72. The SMILES string of the molecule is S=C1NC2(CCCCC2)Sc2ccccc21. The van der Waals surface area contributed by atoms with Gasteiger partial charge in [0.25, 0.3) is 0 Å². The summed E-state index contributed by atoms with van der Waals surface area (Å²) < 4.78 is 0. The first-order valence-corrected chi connectivity index (χ1v) is 7.12. The molecule has 1 spiro atoms. The summed E-state index contributed by atoms with van der Waals surface area (Å²) in [6, 6.07) is 8.49. The third kappa shape index (κ3) is 1.76. The smallest absolute Gasteiger partial charge is 0.108 e. The molecule has 0 unspecified atom stereocenters. The Morgan fingerprint density at radius 1 is 1.12 bits per heavy atom. The van der Waals surface area contributed by atoms with Crippen molar-refractivity contribution >= 4 is 29.0 Å². The maximum absolute atomic E-state index is 5.49. The zero-order valence-corrected chi connectivity index (χ0v) is 10.8. The summed E-state index contributed by atoms with van der Waals surface area (Å²) in [4.78, 5) is 2.49. The molecule has 1 nitrogen and oxygen atoms in total. The maximum Gasteiger partial charge on any atom is 0.108 e. The van der Waals surface area contributed by atoms with Gasteiger partial charge in [-0.1, -0.05) is 61.4 Å². The highest BCUT2D eigenvalue weighted by Crippen LogP contribution is 2.45. The average molecular weight is 249 g/mol. The molecule has 1 aromatic carbocycles. The standard InChI is InChI=1S/C13H15NS2/c15-12-10-6-2-3-7-11(10)16-13(14-12)8-4-1-5-9-13/h2-3,6-7H,1,4-5,8-9H2,(H,14,15). The molecular weight excluding hydrogens is 234 g/mol. The van der Waals surface area contributed by atoms with Gasteiger partial charge >= 0.3 is 0 Å². The average Bonchev–Trinajstić information content (AvgIpc) is 2.30. The van der Waals surface area contributed by atoms with E-state index in [4.69, 9.17) is 12.2 Å². The molecule has 84 valence electrons. The number of hydrogen-bond acceptors (Lipinski definition) is 2. The number of benzene rings is 1. The van der Waals surface area contributed by atoms with E-state index >= 15 is 0 Å². The molecular formula is C13H15NS2. The van der Waals surface area contributed by atoms with Crippen LogP contribution in [0.3, 0.4) is 0 Å². The molecule has 1 saturated carbocycles. The molecule has 0 aromatic heterocycles. The van der Waals surface area contributed by atoms with E-state index in [1.807, 2.05) is 11.8 Å². The fraction of sp³-hybridized carbons (Fsp3) is 0.462. The zero-order chi connectivity index (χ0) is 11.0. The van der Waals surface area contributed by atoms with Crippen LogP contribution in [0.1, 0.15) is 37.7 Å². The predicted molar refractivity (Wildman–Crippen MR) is 73.0 cm³/mol. The molecule has 2 aliphatic rings. The summed E-state index contributed by atoms with van der Waals surface area (Å²) in [6.45, 7) is 0. The minimum absolute atomic E-state index is 0.198. The van der Waals surface area contributed by atoms with Crippen LogP contribution in [0, 0.1) is 0 Å². The van der Waals surface area contributed by atoms with Gasteiger partial charge in [0.15, 0.2) is 0 Å². The van der Waals surface area contributed by atoms with Gasteiger partial charge in [-0.2, -0.15) is 0 Å². The number of thiocarbonyl (C=S) groups is 1. The van der Waals surface area contributed by atoms with Gasteiger partial charge in [-0.25, -0.2) is 0 Å². The van der Waals surface area contributed by atoms with Crippen LogP contribution in [-0.4, -0.2) is 9.86 Å². The van der Waals surface area contributed by atoms with Crippen molar-refractivity contribution in [1.82, 2.24) is 5.32 Å².